The van der Waals surface area contributed by atoms with Crippen molar-refractivity contribution in [3.05, 3.63) is 12.2 Å². The lowest BCUT2D eigenvalue weighted by atomic mass is 10.3. The molecule has 0 heterocycles. The summed E-state index contributed by atoms with van der Waals surface area (Å²) in [5.74, 6) is -0.0275. The van der Waals surface area contributed by atoms with Gasteiger partial charge in [-0.15, -0.1) is 0 Å². The molecule has 0 spiro atoms. The summed E-state index contributed by atoms with van der Waals surface area (Å²) in [6.45, 7) is 3.35. The fourth-order valence-electron chi connectivity index (χ4n) is 0.594. The molecule has 0 aliphatic heterocycles. The summed E-state index contributed by atoms with van der Waals surface area (Å²) in [7, 11) is 0. The van der Waals surface area contributed by atoms with Crippen LogP contribution in [0.3, 0.4) is 0 Å². The van der Waals surface area contributed by atoms with Crippen molar-refractivity contribution in [1.82, 2.24) is 5.32 Å². The van der Waals surface area contributed by atoms with E-state index in [1.54, 1.807) is 6.08 Å². The van der Waals surface area contributed by atoms with E-state index in [0.29, 0.717) is 6.54 Å². The lowest BCUT2D eigenvalue weighted by Gasteiger charge is -1.96. The second-order valence-electron chi connectivity index (χ2n) is 2.27. The Morgan fingerprint density at radius 2 is 2.36 bits per heavy atom. The highest BCUT2D eigenvalue weighted by molar-refractivity contribution is 5.87. The van der Waals surface area contributed by atoms with Crippen LogP contribution in [0.1, 0.15) is 19.8 Å². The molecule has 64 valence electrons. The summed E-state index contributed by atoms with van der Waals surface area (Å²) in [5.41, 5.74) is 5.23. The Morgan fingerprint density at radius 3 is 2.91 bits per heavy atom. The van der Waals surface area contributed by atoms with Crippen molar-refractivity contribution >= 4 is 5.91 Å². The van der Waals surface area contributed by atoms with Gasteiger partial charge >= 0.3 is 0 Å². The predicted octanol–water partition coefficient (Wildman–Crippen LogP) is 0.418. The van der Waals surface area contributed by atoms with Crippen molar-refractivity contribution in [3.8, 4) is 0 Å². The van der Waals surface area contributed by atoms with Crippen molar-refractivity contribution in [2.24, 2.45) is 5.73 Å². The fourth-order valence-corrected chi connectivity index (χ4v) is 0.594. The number of nitrogens with one attached hydrogen (secondary N) is 1. The third-order valence-electron chi connectivity index (χ3n) is 1.15. The number of hydrogen-bond donors (Lipinski definition) is 2. The van der Waals surface area contributed by atoms with Crippen LogP contribution in [0.2, 0.25) is 0 Å². The van der Waals surface area contributed by atoms with Gasteiger partial charge in [-0.1, -0.05) is 13.0 Å². The SMILES string of the molecule is CCCNC(=O)/C=C/CCN. The maximum atomic E-state index is 10.8. The van der Waals surface area contributed by atoms with Crippen LogP contribution in [0.4, 0.5) is 0 Å². The Labute approximate surface area is 67.7 Å². The molecule has 0 saturated carbocycles. The third kappa shape index (κ3) is 7.06. The number of hydrogen-bond acceptors (Lipinski definition) is 2. The molecule has 0 atom stereocenters. The quantitative estimate of drug-likeness (QED) is 0.567. The van der Waals surface area contributed by atoms with E-state index in [0.717, 1.165) is 19.4 Å². The van der Waals surface area contributed by atoms with Gasteiger partial charge in [0.2, 0.25) is 5.91 Å². The number of amides is 1. The largest absolute Gasteiger partial charge is 0.353 e. The van der Waals surface area contributed by atoms with E-state index in [9.17, 15) is 4.79 Å². The Bertz CT molecular complexity index is 132. The van der Waals surface area contributed by atoms with E-state index in [1.165, 1.54) is 6.08 Å². The van der Waals surface area contributed by atoms with E-state index >= 15 is 0 Å². The Balaban J connectivity index is 3.35. The minimum Gasteiger partial charge on any atom is -0.353 e. The first-order valence-corrected chi connectivity index (χ1v) is 3.95. The first-order valence-electron chi connectivity index (χ1n) is 3.95. The normalized spacial score (nSPS) is 10.4. The zero-order valence-corrected chi connectivity index (χ0v) is 6.97. The monoisotopic (exact) mass is 156 g/mol. The van der Waals surface area contributed by atoms with Gasteiger partial charge in [-0.2, -0.15) is 0 Å². The molecule has 3 N–H and O–H groups in total. The van der Waals surface area contributed by atoms with Crippen LogP contribution >= 0.6 is 0 Å². The molecule has 0 aliphatic carbocycles. The lowest BCUT2D eigenvalue weighted by molar-refractivity contribution is -0.116. The van der Waals surface area contributed by atoms with E-state index in [-0.39, 0.29) is 5.91 Å². The van der Waals surface area contributed by atoms with Crippen LogP contribution in [0.5, 0.6) is 0 Å². The van der Waals surface area contributed by atoms with E-state index in [4.69, 9.17) is 5.73 Å². The van der Waals surface area contributed by atoms with Crippen molar-refractivity contribution in [1.29, 1.82) is 0 Å². The van der Waals surface area contributed by atoms with Crippen LogP contribution in [-0.2, 0) is 4.79 Å². The highest BCUT2D eigenvalue weighted by Gasteiger charge is 1.89. The summed E-state index contributed by atoms with van der Waals surface area (Å²) >= 11 is 0. The fraction of sp³-hybridized carbons (Fsp3) is 0.625. The van der Waals surface area contributed by atoms with Gasteiger partial charge in [0.05, 0.1) is 0 Å². The van der Waals surface area contributed by atoms with Crippen LogP contribution in [0.15, 0.2) is 12.2 Å². The molecule has 3 heteroatoms. The number of rotatable bonds is 5. The maximum Gasteiger partial charge on any atom is 0.243 e. The number of carbonyl (C=O) groups is 1. The molecular weight excluding hydrogens is 140 g/mol. The van der Waals surface area contributed by atoms with Gasteiger partial charge in [0.25, 0.3) is 0 Å². The summed E-state index contributed by atoms with van der Waals surface area (Å²) in [6, 6.07) is 0. The smallest absolute Gasteiger partial charge is 0.243 e. The van der Waals surface area contributed by atoms with Gasteiger partial charge in [-0.05, 0) is 25.5 Å². The highest BCUT2D eigenvalue weighted by Crippen LogP contribution is 1.79. The molecule has 1 amide bonds. The Hall–Kier alpha value is -0.830. The zero-order valence-electron chi connectivity index (χ0n) is 6.97. The molecule has 0 bridgehead atoms. The molecule has 0 fully saturated rings. The first kappa shape index (κ1) is 10.2. The zero-order chi connectivity index (χ0) is 8.53. The molecule has 3 nitrogen and oxygen atoms in total. The highest BCUT2D eigenvalue weighted by atomic mass is 16.1. The van der Waals surface area contributed by atoms with Gasteiger partial charge < -0.3 is 11.1 Å². The van der Waals surface area contributed by atoms with Gasteiger partial charge in [0.15, 0.2) is 0 Å². The summed E-state index contributed by atoms with van der Waals surface area (Å²) < 4.78 is 0. The molecule has 0 aromatic carbocycles. The summed E-state index contributed by atoms with van der Waals surface area (Å²) in [4.78, 5) is 10.8. The van der Waals surface area contributed by atoms with Gasteiger partial charge in [0.1, 0.15) is 0 Å². The van der Waals surface area contributed by atoms with Crippen molar-refractivity contribution in [3.63, 3.8) is 0 Å². The molecule has 0 unspecified atom stereocenters. The second kappa shape index (κ2) is 7.28. The minimum atomic E-state index is -0.0275. The molecule has 11 heavy (non-hydrogen) atoms. The van der Waals surface area contributed by atoms with Crippen LogP contribution in [0.25, 0.3) is 0 Å². The van der Waals surface area contributed by atoms with Gasteiger partial charge in [-0.3, -0.25) is 4.79 Å². The molecule has 0 radical (unpaired) electrons. The summed E-state index contributed by atoms with van der Waals surface area (Å²) in [5, 5.41) is 2.72. The summed E-state index contributed by atoms with van der Waals surface area (Å²) in [6.07, 6.45) is 5.05. The number of nitrogens with two attached hydrogens (primary N) is 1. The molecule has 0 aliphatic rings. The van der Waals surface area contributed by atoms with Crippen LogP contribution in [0, 0.1) is 0 Å². The van der Waals surface area contributed by atoms with Crippen LogP contribution in [-0.4, -0.2) is 19.0 Å². The molecule has 0 aromatic rings. The number of carbonyl (C=O) groups excluding carboxylic acids is 1. The second-order valence-corrected chi connectivity index (χ2v) is 2.27. The third-order valence-corrected chi connectivity index (χ3v) is 1.15. The maximum absolute atomic E-state index is 10.8. The molecule has 0 saturated heterocycles. The lowest BCUT2D eigenvalue weighted by Crippen LogP contribution is -2.21. The van der Waals surface area contributed by atoms with Crippen LogP contribution < -0.4 is 11.1 Å². The molecular formula is C8H16N2O. The van der Waals surface area contributed by atoms with E-state index in [2.05, 4.69) is 5.32 Å². The Kier molecular flexibility index (Phi) is 6.73. The Morgan fingerprint density at radius 1 is 1.64 bits per heavy atom. The molecule has 0 aromatic heterocycles. The van der Waals surface area contributed by atoms with E-state index < -0.39 is 0 Å². The van der Waals surface area contributed by atoms with Crippen molar-refractivity contribution in [2.75, 3.05) is 13.1 Å². The van der Waals surface area contributed by atoms with Crippen molar-refractivity contribution in [2.45, 2.75) is 19.8 Å². The first-order chi connectivity index (χ1) is 5.31. The average molecular weight is 156 g/mol. The minimum absolute atomic E-state index is 0.0275. The van der Waals surface area contributed by atoms with E-state index in [1.807, 2.05) is 6.92 Å². The standard InChI is InChI=1S/C8H16N2O/c1-2-7-10-8(11)5-3-4-6-9/h3,5H,2,4,6-7,9H2,1H3,(H,10,11)/b5-3+. The topological polar surface area (TPSA) is 55.1 Å². The van der Waals surface area contributed by atoms with Crippen molar-refractivity contribution < 1.29 is 4.79 Å². The average Bonchev–Trinajstić information content (AvgIpc) is 2.01. The predicted molar refractivity (Wildman–Crippen MR) is 46.1 cm³/mol. The molecule has 0 rings (SSSR count). The van der Waals surface area contributed by atoms with Gasteiger partial charge in [0, 0.05) is 6.54 Å². The van der Waals surface area contributed by atoms with Gasteiger partial charge in [-0.25, -0.2) is 0 Å².